The quantitative estimate of drug-likeness (QED) is 0.823. The Balaban J connectivity index is 2.83. The Hall–Kier alpha value is -1.07. The third-order valence-corrected chi connectivity index (χ3v) is 3.05. The van der Waals surface area contributed by atoms with Gasteiger partial charge in [-0.05, 0) is 32.4 Å². The predicted octanol–water partition coefficient (Wildman–Crippen LogP) is 1.65. The first kappa shape index (κ1) is 12.0. The Bertz CT molecular complexity index is 427. The van der Waals surface area contributed by atoms with Crippen LogP contribution in [0.2, 0.25) is 0 Å². The third-order valence-electron chi connectivity index (χ3n) is 1.78. The Kier molecular flexibility index (Phi) is 3.71. The van der Waals surface area contributed by atoms with E-state index in [-0.39, 0.29) is 6.04 Å². The van der Waals surface area contributed by atoms with Crippen molar-refractivity contribution in [2.24, 2.45) is 0 Å². The maximum atomic E-state index is 11.5. The molecular weight excluding hydrogens is 212 g/mol. The van der Waals surface area contributed by atoms with E-state index < -0.39 is 10.2 Å². The van der Waals surface area contributed by atoms with Crippen LogP contribution < -0.4 is 9.44 Å². The fourth-order valence-electron chi connectivity index (χ4n) is 1.17. The molecule has 84 valence electrons. The molecule has 5 heteroatoms. The van der Waals surface area contributed by atoms with Crippen molar-refractivity contribution in [3.05, 3.63) is 29.8 Å². The predicted molar refractivity (Wildman–Crippen MR) is 62.0 cm³/mol. The lowest BCUT2D eigenvalue weighted by Gasteiger charge is -2.12. The molecule has 0 fully saturated rings. The molecule has 2 N–H and O–H groups in total. The number of anilines is 1. The first-order valence-electron chi connectivity index (χ1n) is 4.76. The van der Waals surface area contributed by atoms with Crippen molar-refractivity contribution in [1.82, 2.24) is 4.72 Å². The minimum atomic E-state index is -3.46. The molecule has 0 atom stereocenters. The molecule has 4 nitrogen and oxygen atoms in total. The number of para-hydroxylation sites is 1. The van der Waals surface area contributed by atoms with E-state index in [1.165, 1.54) is 0 Å². The van der Waals surface area contributed by atoms with Crippen LogP contribution >= 0.6 is 0 Å². The van der Waals surface area contributed by atoms with Gasteiger partial charge in [0, 0.05) is 6.04 Å². The third kappa shape index (κ3) is 3.89. The van der Waals surface area contributed by atoms with E-state index in [1.54, 1.807) is 26.0 Å². The lowest BCUT2D eigenvalue weighted by atomic mass is 10.2. The average Bonchev–Trinajstić information content (AvgIpc) is 2.06. The second kappa shape index (κ2) is 4.63. The fourth-order valence-corrected chi connectivity index (χ4v) is 2.37. The largest absolute Gasteiger partial charge is 0.299 e. The number of rotatable bonds is 4. The highest BCUT2D eigenvalue weighted by molar-refractivity contribution is 7.90. The Morgan fingerprint density at radius 2 is 1.80 bits per heavy atom. The zero-order valence-corrected chi connectivity index (χ0v) is 9.93. The molecular formula is C10H16N2O2S. The van der Waals surface area contributed by atoms with Crippen molar-refractivity contribution in [2.75, 3.05) is 4.72 Å². The number of nitrogens with one attached hydrogen (secondary N) is 2. The van der Waals surface area contributed by atoms with E-state index in [0.29, 0.717) is 5.69 Å². The van der Waals surface area contributed by atoms with E-state index in [4.69, 9.17) is 0 Å². The first-order valence-corrected chi connectivity index (χ1v) is 6.25. The summed E-state index contributed by atoms with van der Waals surface area (Å²) in [7, 11) is -3.46. The lowest BCUT2D eigenvalue weighted by Crippen LogP contribution is -2.35. The Morgan fingerprint density at radius 3 is 2.33 bits per heavy atom. The van der Waals surface area contributed by atoms with Crippen LogP contribution in [0.1, 0.15) is 19.4 Å². The number of aryl methyl sites for hydroxylation is 1. The normalized spacial score (nSPS) is 11.7. The molecule has 1 aromatic carbocycles. The number of hydrogen-bond acceptors (Lipinski definition) is 2. The molecule has 0 bridgehead atoms. The summed E-state index contributed by atoms with van der Waals surface area (Å²) in [5.41, 5.74) is 1.50. The minimum absolute atomic E-state index is 0.119. The number of benzene rings is 1. The van der Waals surface area contributed by atoms with Gasteiger partial charge in [0.2, 0.25) is 0 Å². The summed E-state index contributed by atoms with van der Waals surface area (Å²) in [6.45, 7) is 5.40. The highest BCUT2D eigenvalue weighted by atomic mass is 32.2. The molecule has 1 rings (SSSR count). The molecule has 0 aliphatic carbocycles. The zero-order valence-electron chi connectivity index (χ0n) is 9.11. The van der Waals surface area contributed by atoms with Gasteiger partial charge in [-0.1, -0.05) is 18.2 Å². The van der Waals surface area contributed by atoms with Crippen molar-refractivity contribution in [3.63, 3.8) is 0 Å². The summed E-state index contributed by atoms with van der Waals surface area (Å²) < 4.78 is 28.0. The Morgan fingerprint density at radius 1 is 1.20 bits per heavy atom. The molecule has 1 aromatic rings. The topological polar surface area (TPSA) is 58.2 Å². The van der Waals surface area contributed by atoms with Crippen LogP contribution in [0.15, 0.2) is 24.3 Å². The molecule has 0 amide bonds. The second-order valence-corrected chi connectivity index (χ2v) is 5.14. The number of hydrogen-bond donors (Lipinski definition) is 2. The molecule has 0 saturated carbocycles. The van der Waals surface area contributed by atoms with Gasteiger partial charge in [0.1, 0.15) is 0 Å². The molecule has 0 saturated heterocycles. The molecule has 0 aliphatic rings. The van der Waals surface area contributed by atoms with Gasteiger partial charge in [0.15, 0.2) is 0 Å². The van der Waals surface area contributed by atoms with Crippen LogP contribution in [0.3, 0.4) is 0 Å². The summed E-state index contributed by atoms with van der Waals surface area (Å²) in [5, 5.41) is 0. The highest BCUT2D eigenvalue weighted by Gasteiger charge is 2.11. The van der Waals surface area contributed by atoms with E-state index in [9.17, 15) is 8.42 Å². The first-order chi connectivity index (χ1) is 6.91. The highest BCUT2D eigenvalue weighted by Crippen LogP contribution is 2.14. The van der Waals surface area contributed by atoms with Crippen LogP contribution in [-0.4, -0.2) is 14.5 Å². The minimum Gasteiger partial charge on any atom is -0.271 e. The average molecular weight is 228 g/mol. The van der Waals surface area contributed by atoms with Crippen molar-refractivity contribution < 1.29 is 8.42 Å². The van der Waals surface area contributed by atoms with Gasteiger partial charge in [-0.15, -0.1) is 0 Å². The molecule has 0 aromatic heterocycles. The van der Waals surface area contributed by atoms with Gasteiger partial charge in [-0.3, -0.25) is 4.72 Å². The van der Waals surface area contributed by atoms with Crippen LogP contribution in [0.25, 0.3) is 0 Å². The second-order valence-electron chi connectivity index (χ2n) is 3.69. The molecule has 0 radical (unpaired) electrons. The zero-order chi connectivity index (χ0) is 11.5. The van der Waals surface area contributed by atoms with E-state index in [1.807, 2.05) is 19.1 Å². The van der Waals surface area contributed by atoms with Crippen molar-refractivity contribution in [1.29, 1.82) is 0 Å². The Labute approximate surface area is 90.9 Å². The standard InChI is InChI=1S/C10H16N2O2S/c1-8(2)11-15(13,14)12-10-7-5-4-6-9(10)3/h4-8,11-12H,1-3H3. The van der Waals surface area contributed by atoms with Gasteiger partial charge in [0.25, 0.3) is 10.2 Å². The molecule has 15 heavy (non-hydrogen) atoms. The van der Waals surface area contributed by atoms with E-state index in [0.717, 1.165) is 5.56 Å². The molecule has 0 heterocycles. The molecule has 0 spiro atoms. The summed E-state index contributed by atoms with van der Waals surface area (Å²) in [6, 6.07) is 7.12. The summed E-state index contributed by atoms with van der Waals surface area (Å²) >= 11 is 0. The van der Waals surface area contributed by atoms with Gasteiger partial charge >= 0.3 is 0 Å². The van der Waals surface area contributed by atoms with Crippen molar-refractivity contribution in [3.8, 4) is 0 Å². The SMILES string of the molecule is Cc1ccccc1NS(=O)(=O)NC(C)C. The van der Waals surface area contributed by atoms with E-state index >= 15 is 0 Å². The van der Waals surface area contributed by atoms with Crippen molar-refractivity contribution >= 4 is 15.9 Å². The summed E-state index contributed by atoms with van der Waals surface area (Å²) in [5.74, 6) is 0. The van der Waals surface area contributed by atoms with Crippen molar-refractivity contribution in [2.45, 2.75) is 26.8 Å². The van der Waals surface area contributed by atoms with Crippen LogP contribution in [-0.2, 0) is 10.2 Å². The van der Waals surface area contributed by atoms with Crippen LogP contribution in [0.5, 0.6) is 0 Å². The molecule has 0 unspecified atom stereocenters. The van der Waals surface area contributed by atoms with Gasteiger partial charge in [-0.25, -0.2) is 0 Å². The van der Waals surface area contributed by atoms with E-state index in [2.05, 4.69) is 9.44 Å². The van der Waals surface area contributed by atoms with Gasteiger partial charge < -0.3 is 0 Å². The maximum Gasteiger partial charge on any atom is 0.299 e. The monoisotopic (exact) mass is 228 g/mol. The molecule has 0 aliphatic heterocycles. The van der Waals surface area contributed by atoms with Gasteiger partial charge in [0.05, 0.1) is 5.69 Å². The van der Waals surface area contributed by atoms with Crippen LogP contribution in [0.4, 0.5) is 5.69 Å². The van der Waals surface area contributed by atoms with Gasteiger partial charge in [-0.2, -0.15) is 13.1 Å². The fraction of sp³-hybridized carbons (Fsp3) is 0.400. The smallest absolute Gasteiger partial charge is 0.271 e. The lowest BCUT2D eigenvalue weighted by molar-refractivity contribution is 0.575. The summed E-state index contributed by atoms with van der Waals surface area (Å²) in [6.07, 6.45) is 0. The maximum absolute atomic E-state index is 11.5. The van der Waals surface area contributed by atoms with Crippen LogP contribution in [0, 0.1) is 6.92 Å². The summed E-state index contributed by atoms with van der Waals surface area (Å²) in [4.78, 5) is 0.